The van der Waals surface area contributed by atoms with Gasteiger partial charge in [-0.3, -0.25) is 4.79 Å². The van der Waals surface area contributed by atoms with E-state index in [1.165, 1.54) is 12.0 Å². The van der Waals surface area contributed by atoms with Crippen molar-refractivity contribution in [3.8, 4) is 0 Å². The lowest BCUT2D eigenvalue weighted by atomic mass is 9.73. The smallest absolute Gasteiger partial charge is 0.362 e. The first-order chi connectivity index (χ1) is 17.7. The summed E-state index contributed by atoms with van der Waals surface area (Å²) < 4.78 is 6.68. The number of hydrogen-bond acceptors (Lipinski definition) is 3. The Balaban J connectivity index is 1.36. The number of carbonyl (C=O) groups excluding carboxylic acids is 2. The number of esters is 1. The molecule has 4 heteroatoms. The number of ketones is 1. The molecular weight excluding hydrogens is 458 g/mol. The van der Waals surface area contributed by atoms with Crippen LogP contribution in [0, 0.1) is 11.8 Å². The molecule has 0 heterocycles. The third-order valence-corrected chi connectivity index (χ3v) is 7.78. The van der Waals surface area contributed by atoms with Crippen LogP contribution in [0.2, 0.25) is 0 Å². The highest BCUT2D eigenvalue weighted by molar-refractivity contribution is 6.08. The first-order valence-electron chi connectivity index (χ1n) is 13.5. The van der Waals surface area contributed by atoms with Gasteiger partial charge in [-0.25, -0.2) is 4.79 Å². The van der Waals surface area contributed by atoms with Crippen LogP contribution in [0.4, 0.5) is 0 Å². The molecule has 0 radical (unpaired) electrons. The van der Waals surface area contributed by atoms with Gasteiger partial charge in [0, 0.05) is 22.6 Å². The highest BCUT2D eigenvalue weighted by atomic mass is 16.5. The molecule has 4 rings (SSSR count). The van der Waals surface area contributed by atoms with Crippen molar-refractivity contribution in [3.63, 3.8) is 0 Å². The maximum absolute atomic E-state index is 13.1. The largest absolute Gasteiger partial charge is 0.458 e. The number of carbonyl (C=O) groups is 2. The zero-order valence-electron chi connectivity index (χ0n) is 22.6. The van der Waals surface area contributed by atoms with Crippen LogP contribution in [0.5, 0.6) is 0 Å². The molecule has 0 aromatic heterocycles. The molecule has 1 aliphatic carbocycles. The first-order valence-corrected chi connectivity index (χ1v) is 13.5. The van der Waals surface area contributed by atoms with Gasteiger partial charge in [0.25, 0.3) is 0 Å². The Morgan fingerprint density at radius 3 is 2.11 bits per heavy atom. The van der Waals surface area contributed by atoms with Crippen molar-refractivity contribution < 1.29 is 18.8 Å². The Hall–Kier alpha value is -3.24. The minimum absolute atomic E-state index is 0.0190. The van der Waals surface area contributed by atoms with Crippen molar-refractivity contribution >= 4 is 11.8 Å². The second kappa shape index (κ2) is 11.9. The summed E-state index contributed by atoms with van der Waals surface area (Å²) in [7, 11) is 4.11. The number of likely N-dealkylation sites (N-methyl/N-ethyl adjacent to an activating group) is 1. The molecule has 3 aromatic carbocycles. The van der Waals surface area contributed by atoms with Crippen molar-refractivity contribution in [2.24, 2.45) is 11.8 Å². The minimum Gasteiger partial charge on any atom is -0.458 e. The van der Waals surface area contributed by atoms with Crippen LogP contribution >= 0.6 is 0 Å². The third-order valence-electron chi connectivity index (χ3n) is 7.78. The summed E-state index contributed by atoms with van der Waals surface area (Å²) in [6.07, 6.45) is 3.15. The average molecular weight is 499 g/mol. The Bertz CT molecular complexity index is 1170. The Morgan fingerprint density at radius 2 is 1.46 bits per heavy atom. The van der Waals surface area contributed by atoms with Crippen LogP contribution in [0.1, 0.15) is 66.1 Å². The molecule has 4 nitrogen and oxygen atoms in total. The lowest BCUT2D eigenvalue weighted by Crippen LogP contribution is -2.45. The molecule has 37 heavy (non-hydrogen) atoms. The monoisotopic (exact) mass is 498 g/mol. The van der Waals surface area contributed by atoms with E-state index in [1.54, 1.807) is 0 Å². The van der Waals surface area contributed by atoms with Gasteiger partial charge in [0.15, 0.2) is 12.3 Å². The molecule has 0 amide bonds. The summed E-state index contributed by atoms with van der Waals surface area (Å²) in [6, 6.07) is 27.6. The van der Waals surface area contributed by atoms with Crippen LogP contribution in [0.25, 0.3) is 0 Å². The number of benzene rings is 3. The van der Waals surface area contributed by atoms with E-state index in [-0.39, 0.29) is 17.9 Å². The molecule has 0 unspecified atom stereocenters. The van der Waals surface area contributed by atoms with E-state index < -0.39 is 0 Å². The van der Waals surface area contributed by atoms with Gasteiger partial charge in [0.05, 0.1) is 14.1 Å². The van der Waals surface area contributed by atoms with Crippen molar-refractivity contribution in [1.82, 2.24) is 0 Å². The van der Waals surface area contributed by atoms with Gasteiger partial charge >= 0.3 is 5.97 Å². The zero-order chi connectivity index (χ0) is 26.4. The Kier molecular flexibility index (Phi) is 8.60. The zero-order valence-corrected chi connectivity index (χ0v) is 22.6. The SMILES string of the molecule is C[C@@H]1CC[C@@H]([C@H](C)c2ccccc2)[C@H](OC(=O)C[N+](C)(C)Cc2ccc(C(=O)c3ccccc3)cc2)C1. The number of ether oxygens (including phenoxy) is 1. The fourth-order valence-electron chi connectivity index (χ4n) is 5.69. The topological polar surface area (TPSA) is 43.4 Å². The molecule has 1 aliphatic rings. The van der Waals surface area contributed by atoms with E-state index in [2.05, 4.69) is 52.2 Å². The molecule has 0 aliphatic heterocycles. The number of rotatable bonds is 9. The molecule has 0 spiro atoms. The van der Waals surface area contributed by atoms with E-state index in [0.717, 1.165) is 18.4 Å². The summed E-state index contributed by atoms with van der Waals surface area (Å²) in [6.45, 7) is 5.52. The minimum atomic E-state index is -0.134. The maximum atomic E-state index is 13.1. The Labute approximate surface area is 221 Å². The molecule has 0 bridgehead atoms. The molecule has 194 valence electrons. The fraction of sp³-hybridized carbons (Fsp3) is 0.394. The normalized spacial score (nSPS) is 20.7. The van der Waals surface area contributed by atoms with Gasteiger partial charge in [-0.1, -0.05) is 105 Å². The lowest BCUT2D eigenvalue weighted by Gasteiger charge is -2.38. The number of nitrogens with zero attached hydrogens (tertiary/aromatic N) is 1. The van der Waals surface area contributed by atoms with Gasteiger partial charge in [-0.05, 0) is 30.2 Å². The molecule has 0 N–H and O–H groups in total. The summed E-state index contributed by atoms with van der Waals surface area (Å²) in [5.41, 5.74) is 3.76. The summed E-state index contributed by atoms with van der Waals surface area (Å²) in [5.74, 6) is 1.14. The first kappa shape index (κ1) is 26.8. The van der Waals surface area contributed by atoms with Gasteiger partial charge in [-0.2, -0.15) is 0 Å². The fourth-order valence-corrected chi connectivity index (χ4v) is 5.69. The van der Waals surface area contributed by atoms with Crippen molar-refractivity contribution in [2.45, 2.75) is 51.7 Å². The lowest BCUT2D eigenvalue weighted by molar-refractivity contribution is -0.896. The highest BCUT2D eigenvalue weighted by Gasteiger charge is 2.36. The van der Waals surface area contributed by atoms with E-state index in [0.29, 0.717) is 46.5 Å². The van der Waals surface area contributed by atoms with E-state index in [4.69, 9.17) is 4.74 Å². The standard InChI is InChI=1S/C33H40NO3/c1-24-15-20-30(25(2)27-11-7-5-8-12-27)31(21-24)37-32(35)23-34(3,4)22-26-16-18-29(19-17-26)33(36)28-13-9-6-10-14-28/h5-14,16-19,24-25,30-31H,15,20-23H2,1-4H3/q+1/t24-,25-,30+,31-/m1/s1. The predicted molar refractivity (Wildman–Crippen MR) is 148 cm³/mol. The molecule has 1 fully saturated rings. The van der Waals surface area contributed by atoms with E-state index in [1.807, 2.05) is 60.7 Å². The summed E-state index contributed by atoms with van der Waals surface area (Å²) in [5, 5.41) is 0. The van der Waals surface area contributed by atoms with E-state index in [9.17, 15) is 9.59 Å². The van der Waals surface area contributed by atoms with Crippen molar-refractivity contribution in [2.75, 3.05) is 20.6 Å². The average Bonchev–Trinajstić information content (AvgIpc) is 2.89. The molecular formula is C33H40NO3+. The number of hydrogen-bond donors (Lipinski definition) is 0. The molecule has 4 atom stereocenters. The van der Waals surface area contributed by atoms with Crippen molar-refractivity contribution in [3.05, 3.63) is 107 Å². The molecule has 0 saturated heterocycles. The second-order valence-electron chi connectivity index (χ2n) is 11.5. The number of quaternary nitrogens is 1. The van der Waals surface area contributed by atoms with E-state index >= 15 is 0 Å². The van der Waals surface area contributed by atoms with Crippen LogP contribution in [-0.4, -0.2) is 43.0 Å². The maximum Gasteiger partial charge on any atom is 0.362 e. The van der Waals surface area contributed by atoms with Gasteiger partial charge in [0.1, 0.15) is 12.6 Å². The summed E-state index contributed by atoms with van der Waals surface area (Å²) >= 11 is 0. The summed E-state index contributed by atoms with van der Waals surface area (Å²) in [4.78, 5) is 25.8. The van der Waals surface area contributed by atoms with Crippen molar-refractivity contribution in [1.29, 1.82) is 0 Å². The van der Waals surface area contributed by atoms with Crippen LogP contribution in [-0.2, 0) is 16.1 Å². The van der Waals surface area contributed by atoms with Gasteiger partial charge in [-0.15, -0.1) is 0 Å². The van der Waals surface area contributed by atoms with Crippen LogP contribution < -0.4 is 0 Å². The van der Waals surface area contributed by atoms with Gasteiger partial charge in [0.2, 0.25) is 0 Å². The van der Waals surface area contributed by atoms with Gasteiger partial charge < -0.3 is 9.22 Å². The third kappa shape index (κ3) is 7.17. The second-order valence-corrected chi connectivity index (χ2v) is 11.5. The highest BCUT2D eigenvalue weighted by Crippen LogP contribution is 2.39. The van der Waals surface area contributed by atoms with Crippen LogP contribution in [0.3, 0.4) is 0 Å². The van der Waals surface area contributed by atoms with Crippen LogP contribution in [0.15, 0.2) is 84.9 Å². The quantitative estimate of drug-likeness (QED) is 0.189. The predicted octanol–water partition coefficient (Wildman–Crippen LogP) is 6.65. The Morgan fingerprint density at radius 1 is 0.865 bits per heavy atom. The molecule has 3 aromatic rings. The molecule has 1 saturated carbocycles.